The normalized spacial score (nSPS) is 21.1. The number of fused-ring (bicyclic) bond motifs is 1. The second kappa shape index (κ2) is 5.93. The van der Waals surface area contributed by atoms with Gasteiger partial charge < -0.3 is 9.84 Å². The van der Waals surface area contributed by atoms with Crippen LogP contribution in [0.15, 0.2) is 15.1 Å². The van der Waals surface area contributed by atoms with Gasteiger partial charge in [0.2, 0.25) is 0 Å². The molecule has 0 fully saturated rings. The van der Waals surface area contributed by atoms with Gasteiger partial charge in [0.25, 0.3) is 5.91 Å². The van der Waals surface area contributed by atoms with Crippen LogP contribution >= 0.6 is 11.8 Å². The Labute approximate surface area is 113 Å². The Morgan fingerprint density at radius 3 is 3.05 bits per heavy atom. The van der Waals surface area contributed by atoms with Gasteiger partial charge in [0.05, 0.1) is 26.0 Å². The Morgan fingerprint density at radius 2 is 2.37 bits per heavy atom. The van der Waals surface area contributed by atoms with E-state index in [4.69, 9.17) is 5.11 Å². The van der Waals surface area contributed by atoms with Gasteiger partial charge in [-0.15, -0.1) is 0 Å². The summed E-state index contributed by atoms with van der Waals surface area (Å²) in [4.78, 5) is 30.8. The first-order valence-corrected chi connectivity index (χ1v) is 6.47. The molecule has 2 heterocycles. The average Bonchev–Trinajstić information content (AvgIpc) is 2.80. The number of aliphatic hydroxyl groups excluding tert-OH is 1. The number of esters is 1. The number of hydrazone groups is 1. The molecule has 8 nitrogen and oxygen atoms in total. The highest BCUT2D eigenvalue weighted by molar-refractivity contribution is 8.14. The van der Waals surface area contributed by atoms with Gasteiger partial charge in [0, 0.05) is 6.21 Å². The highest BCUT2D eigenvalue weighted by Crippen LogP contribution is 2.21. The number of aliphatic imine (C=N–C) groups is 2. The van der Waals surface area contributed by atoms with Gasteiger partial charge in [-0.25, -0.2) is 10.0 Å². The number of hydrogen-bond donors (Lipinski definition) is 1. The monoisotopic (exact) mass is 284 g/mol. The van der Waals surface area contributed by atoms with Crippen molar-refractivity contribution in [1.82, 2.24) is 5.01 Å². The number of carbonyl (C=O) groups is 2. The molecule has 0 aromatic carbocycles. The molecule has 0 bridgehead atoms. The van der Waals surface area contributed by atoms with Gasteiger partial charge in [-0.1, -0.05) is 11.8 Å². The minimum atomic E-state index is -0.589. The SMILES string of the molecule is COC(=O)CSC1=NC(=O)C2C=NN(CCO)C2=N1. The second-order valence-corrected chi connectivity index (χ2v) is 4.60. The molecule has 102 valence electrons. The summed E-state index contributed by atoms with van der Waals surface area (Å²) in [5.41, 5.74) is 0. The fourth-order valence-electron chi connectivity index (χ4n) is 1.54. The smallest absolute Gasteiger partial charge is 0.316 e. The van der Waals surface area contributed by atoms with E-state index < -0.39 is 11.9 Å². The van der Waals surface area contributed by atoms with Crippen LogP contribution in [0, 0.1) is 5.92 Å². The third-order valence-corrected chi connectivity index (χ3v) is 3.26. The van der Waals surface area contributed by atoms with Gasteiger partial charge in [0.15, 0.2) is 5.17 Å². The number of thioether (sulfide) groups is 1. The van der Waals surface area contributed by atoms with Crippen LogP contribution in [-0.2, 0) is 14.3 Å². The fourth-order valence-corrected chi connectivity index (χ4v) is 2.21. The summed E-state index contributed by atoms with van der Waals surface area (Å²) in [7, 11) is 1.28. The van der Waals surface area contributed by atoms with Gasteiger partial charge in [-0.2, -0.15) is 10.1 Å². The average molecular weight is 284 g/mol. The Hall–Kier alpha value is -1.74. The number of amides is 1. The first-order chi connectivity index (χ1) is 9.15. The van der Waals surface area contributed by atoms with Crippen molar-refractivity contribution in [2.45, 2.75) is 0 Å². The Morgan fingerprint density at radius 1 is 1.58 bits per heavy atom. The molecule has 0 saturated heterocycles. The van der Waals surface area contributed by atoms with Crippen molar-refractivity contribution in [2.75, 3.05) is 26.0 Å². The highest BCUT2D eigenvalue weighted by Gasteiger charge is 2.35. The highest BCUT2D eigenvalue weighted by atomic mass is 32.2. The number of nitrogens with zero attached hydrogens (tertiary/aromatic N) is 4. The van der Waals surface area contributed by atoms with Crippen molar-refractivity contribution in [3.63, 3.8) is 0 Å². The molecule has 1 unspecified atom stereocenters. The van der Waals surface area contributed by atoms with Gasteiger partial charge in [0.1, 0.15) is 11.8 Å². The maximum absolute atomic E-state index is 11.8. The quantitative estimate of drug-likeness (QED) is 0.671. The summed E-state index contributed by atoms with van der Waals surface area (Å²) in [6.07, 6.45) is 1.45. The summed E-state index contributed by atoms with van der Waals surface area (Å²) in [5.74, 6) is -0.917. The van der Waals surface area contributed by atoms with Crippen LogP contribution in [0.3, 0.4) is 0 Å². The first-order valence-electron chi connectivity index (χ1n) is 5.49. The Bertz CT molecular complexity index is 488. The Balaban J connectivity index is 2.08. The number of ether oxygens (including phenoxy) is 1. The van der Waals surface area contributed by atoms with Crippen molar-refractivity contribution in [3.8, 4) is 0 Å². The van der Waals surface area contributed by atoms with E-state index in [1.165, 1.54) is 18.3 Å². The lowest BCUT2D eigenvalue weighted by Crippen LogP contribution is -2.35. The van der Waals surface area contributed by atoms with E-state index in [2.05, 4.69) is 19.8 Å². The van der Waals surface area contributed by atoms with Crippen molar-refractivity contribution in [2.24, 2.45) is 21.0 Å². The molecule has 1 amide bonds. The lowest BCUT2D eigenvalue weighted by Gasteiger charge is -2.19. The standard InChI is InChI=1S/C10H12N4O4S/c1-18-7(16)5-19-10-12-8-6(9(17)13-10)4-11-14(8)2-3-15/h4,6,15H,2-3,5H2,1H3. The predicted molar refractivity (Wildman–Crippen MR) is 70.1 cm³/mol. The largest absolute Gasteiger partial charge is 0.468 e. The van der Waals surface area contributed by atoms with Crippen LogP contribution in [0.1, 0.15) is 0 Å². The number of amidine groups is 2. The molecule has 1 atom stereocenters. The minimum absolute atomic E-state index is 0.0327. The van der Waals surface area contributed by atoms with Crippen molar-refractivity contribution in [1.29, 1.82) is 0 Å². The second-order valence-electron chi connectivity index (χ2n) is 3.66. The summed E-state index contributed by atoms with van der Waals surface area (Å²) in [6, 6.07) is 0. The van der Waals surface area contributed by atoms with Gasteiger partial charge >= 0.3 is 5.97 Å². The predicted octanol–water partition coefficient (Wildman–Crippen LogP) is -0.903. The molecule has 0 aromatic heterocycles. The van der Waals surface area contributed by atoms with E-state index in [1.54, 1.807) is 0 Å². The number of methoxy groups -OCH3 is 1. The number of β-amino-alcohol motifs (C(OH)–C–C–N with tert-alkyl or cyclic N) is 1. The minimum Gasteiger partial charge on any atom is -0.468 e. The third-order valence-electron chi connectivity index (χ3n) is 2.44. The summed E-state index contributed by atoms with van der Waals surface area (Å²) < 4.78 is 4.50. The van der Waals surface area contributed by atoms with Crippen LogP contribution in [0.25, 0.3) is 0 Å². The molecule has 0 aromatic rings. The molecule has 0 spiro atoms. The Kier molecular flexibility index (Phi) is 4.27. The van der Waals surface area contributed by atoms with Crippen LogP contribution in [-0.4, -0.2) is 65.2 Å². The number of hydrogen-bond acceptors (Lipinski definition) is 8. The molecule has 0 aliphatic carbocycles. The lowest BCUT2D eigenvalue weighted by atomic mass is 10.1. The zero-order valence-corrected chi connectivity index (χ0v) is 11.0. The van der Waals surface area contributed by atoms with Crippen LogP contribution in [0.4, 0.5) is 0 Å². The van der Waals surface area contributed by atoms with Gasteiger partial charge in [-0.3, -0.25) is 9.59 Å². The van der Waals surface area contributed by atoms with Crippen LogP contribution < -0.4 is 0 Å². The molecule has 2 aliphatic rings. The zero-order valence-electron chi connectivity index (χ0n) is 10.1. The van der Waals surface area contributed by atoms with Crippen LogP contribution in [0.5, 0.6) is 0 Å². The van der Waals surface area contributed by atoms with E-state index in [0.717, 1.165) is 11.8 Å². The molecule has 2 aliphatic heterocycles. The number of aliphatic hydroxyl groups is 1. The summed E-state index contributed by atoms with van der Waals surface area (Å²) in [5, 5.41) is 14.6. The zero-order chi connectivity index (χ0) is 13.8. The molecule has 9 heteroatoms. The molecule has 1 N–H and O–H groups in total. The number of carbonyl (C=O) groups excluding carboxylic acids is 2. The van der Waals surface area contributed by atoms with E-state index in [0.29, 0.717) is 5.84 Å². The van der Waals surface area contributed by atoms with Crippen LogP contribution in [0.2, 0.25) is 0 Å². The van der Waals surface area contributed by atoms with Crippen molar-refractivity contribution >= 4 is 40.9 Å². The first kappa shape index (κ1) is 13.7. The topological polar surface area (TPSA) is 104 Å². The lowest BCUT2D eigenvalue weighted by molar-refractivity contribution is -0.137. The molecule has 19 heavy (non-hydrogen) atoms. The molecular weight excluding hydrogens is 272 g/mol. The molecular formula is C10H12N4O4S. The van der Waals surface area contributed by atoms with Gasteiger partial charge in [-0.05, 0) is 0 Å². The molecule has 0 saturated carbocycles. The van der Waals surface area contributed by atoms with Crippen molar-refractivity contribution in [3.05, 3.63) is 0 Å². The maximum atomic E-state index is 11.8. The van der Waals surface area contributed by atoms with E-state index in [1.807, 2.05) is 0 Å². The van der Waals surface area contributed by atoms with E-state index in [9.17, 15) is 9.59 Å². The third kappa shape index (κ3) is 2.99. The molecule has 2 rings (SSSR count). The summed E-state index contributed by atoms with van der Waals surface area (Å²) in [6.45, 7) is 0.160. The maximum Gasteiger partial charge on any atom is 0.316 e. The molecule has 0 radical (unpaired) electrons. The van der Waals surface area contributed by atoms with E-state index in [-0.39, 0.29) is 30.0 Å². The fraction of sp³-hybridized carbons (Fsp3) is 0.500. The van der Waals surface area contributed by atoms with Crippen molar-refractivity contribution < 1.29 is 19.4 Å². The summed E-state index contributed by atoms with van der Waals surface area (Å²) >= 11 is 1.03. The number of rotatable bonds is 4. The van der Waals surface area contributed by atoms with E-state index >= 15 is 0 Å².